The van der Waals surface area contributed by atoms with Gasteiger partial charge in [-0.2, -0.15) is 8.78 Å². The molecule has 0 spiro atoms. The Balaban J connectivity index is 2.20. The van der Waals surface area contributed by atoms with Crippen molar-refractivity contribution >= 4 is 77.6 Å². The molecule has 5 nitrogen and oxygen atoms in total. The molecule has 29 heavy (non-hydrogen) atoms. The molecule has 0 atom stereocenters. The lowest BCUT2D eigenvalue weighted by Crippen LogP contribution is -2.13. The molecule has 156 valence electrons. The fourth-order valence-corrected chi connectivity index (χ4v) is 3.62. The summed E-state index contributed by atoms with van der Waals surface area (Å²) in [4.78, 5) is 29.4. The second kappa shape index (κ2) is 9.08. The van der Waals surface area contributed by atoms with Crippen LogP contribution in [0.3, 0.4) is 0 Å². The van der Waals surface area contributed by atoms with Gasteiger partial charge in [-0.1, -0.05) is 82.3 Å². The number of carbonyl (C=O) groups is 1. The topological polar surface area (TPSA) is 83.8 Å². The molecule has 0 aromatic heterocycles. The van der Waals surface area contributed by atoms with Crippen LogP contribution < -0.4 is 4.74 Å². The van der Waals surface area contributed by atoms with Gasteiger partial charge in [-0.05, 0) is 11.6 Å². The van der Waals surface area contributed by atoms with E-state index in [0.717, 1.165) is 30.3 Å². The van der Waals surface area contributed by atoms with Crippen molar-refractivity contribution in [1.82, 2.24) is 0 Å². The zero-order valence-electron chi connectivity index (χ0n) is 13.7. The van der Waals surface area contributed by atoms with E-state index >= 15 is 0 Å². The first-order chi connectivity index (χ1) is 13.3. The van der Waals surface area contributed by atoms with Crippen LogP contribution >= 0.6 is 65.6 Å². The first-order valence-electron chi connectivity index (χ1n) is 7.22. The molecule has 2 N–H and O–H groups in total. The highest BCUT2D eigenvalue weighted by molar-refractivity contribution is 7.52. The number of carbonyl (C=O) groups excluding carboxylic acids is 1. The van der Waals surface area contributed by atoms with E-state index in [0.29, 0.717) is 0 Å². The van der Waals surface area contributed by atoms with Crippen LogP contribution in [-0.2, 0) is 15.0 Å². The van der Waals surface area contributed by atoms with Crippen LogP contribution in [0.4, 0.5) is 8.78 Å². The summed E-state index contributed by atoms with van der Waals surface area (Å²) >= 11 is 29.4. The summed E-state index contributed by atoms with van der Waals surface area (Å²) in [5.74, 6) is -1.27. The minimum Gasteiger partial charge on any atom is -0.420 e. The largest absolute Gasteiger partial charge is 0.420 e. The molecular formula is C16H8Cl5F2O5P. The maximum Gasteiger partial charge on any atom is 0.399 e. The molecule has 0 aliphatic heterocycles. The van der Waals surface area contributed by atoms with E-state index in [-0.39, 0.29) is 36.4 Å². The van der Waals surface area contributed by atoms with Gasteiger partial charge in [0.25, 0.3) is 0 Å². The molecule has 0 aliphatic carbocycles. The number of ether oxygens (including phenoxy) is 1. The SMILES string of the molecule is O=C(C=Cc1ccc(C(F)(F)P(=O)(O)O)cc1)Oc1c(Cl)c(Cl)c(Cl)c(Cl)c1Cl. The van der Waals surface area contributed by atoms with Gasteiger partial charge in [0, 0.05) is 11.6 Å². The third kappa shape index (κ3) is 5.24. The predicted molar refractivity (Wildman–Crippen MR) is 109 cm³/mol. The average Bonchev–Trinajstić information content (AvgIpc) is 2.66. The first-order valence-corrected chi connectivity index (χ1v) is 10.7. The molecule has 0 aliphatic rings. The third-order valence-corrected chi connectivity index (χ3v) is 6.64. The van der Waals surface area contributed by atoms with Crippen LogP contribution in [0.25, 0.3) is 6.08 Å². The first kappa shape index (κ1) is 24.4. The van der Waals surface area contributed by atoms with E-state index in [9.17, 15) is 18.1 Å². The van der Waals surface area contributed by atoms with Gasteiger partial charge >= 0.3 is 19.2 Å². The average molecular weight is 526 g/mol. The van der Waals surface area contributed by atoms with Crippen molar-refractivity contribution in [1.29, 1.82) is 0 Å². The lowest BCUT2D eigenvalue weighted by Gasteiger charge is -2.17. The molecule has 2 aromatic rings. The van der Waals surface area contributed by atoms with Gasteiger partial charge in [0.1, 0.15) is 10.0 Å². The molecular weight excluding hydrogens is 518 g/mol. The predicted octanol–water partition coefficient (Wildman–Crippen LogP) is 6.80. The second-order valence-electron chi connectivity index (χ2n) is 5.36. The Kier molecular flexibility index (Phi) is 7.64. The Labute approximate surface area is 187 Å². The Bertz CT molecular complexity index is 1010. The molecule has 2 aromatic carbocycles. The van der Waals surface area contributed by atoms with Crippen LogP contribution in [0, 0.1) is 0 Å². The zero-order valence-corrected chi connectivity index (χ0v) is 18.4. The van der Waals surface area contributed by atoms with Crippen molar-refractivity contribution in [2.45, 2.75) is 5.66 Å². The number of halogens is 7. The summed E-state index contributed by atoms with van der Waals surface area (Å²) in [7, 11) is -5.68. The fraction of sp³-hybridized carbons (Fsp3) is 0.0625. The standard InChI is InChI=1S/C16H8Cl5F2O5P/c17-10-11(18)13(20)15(14(21)12(10)19)28-9(24)6-3-7-1-4-8(5-2-7)16(22,23)29(25,26)27/h1-6H,(H2,25,26,27). The maximum absolute atomic E-state index is 13.6. The summed E-state index contributed by atoms with van der Waals surface area (Å²) in [6, 6.07) is 3.88. The second-order valence-corrected chi connectivity index (χ2v) is 8.90. The summed E-state index contributed by atoms with van der Waals surface area (Å²) in [6.45, 7) is 0. The van der Waals surface area contributed by atoms with Crippen molar-refractivity contribution in [3.05, 3.63) is 66.6 Å². The van der Waals surface area contributed by atoms with Crippen LogP contribution in [0.1, 0.15) is 11.1 Å². The van der Waals surface area contributed by atoms with E-state index in [2.05, 4.69) is 0 Å². The summed E-state index contributed by atoms with van der Waals surface area (Å²) in [6.07, 6.45) is 2.13. The molecule has 0 fully saturated rings. The number of alkyl halides is 2. The zero-order chi connectivity index (χ0) is 22.1. The minimum atomic E-state index is -5.68. The van der Waals surface area contributed by atoms with Crippen molar-refractivity contribution in [2.24, 2.45) is 0 Å². The molecule has 0 saturated carbocycles. The Morgan fingerprint density at radius 2 is 1.38 bits per heavy atom. The van der Waals surface area contributed by atoms with Crippen LogP contribution in [0.15, 0.2) is 30.3 Å². The molecule has 0 unspecified atom stereocenters. The lowest BCUT2D eigenvalue weighted by atomic mass is 10.1. The molecule has 0 saturated heterocycles. The maximum atomic E-state index is 13.6. The van der Waals surface area contributed by atoms with Crippen molar-refractivity contribution in [3.63, 3.8) is 0 Å². The Hall–Kier alpha value is -0.890. The number of hydrogen-bond acceptors (Lipinski definition) is 3. The van der Waals surface area contributed by atoms with Gasteiger partial charge in [0.2, 0.25) is 0 Å². The monoisotopic (exact) mass is 524 g/mol. The summed E-state index contributed by atoms with van der Waals surface area (Å²) in [5, 5.41) is -0.938. The fourth-order valence-electron chi connectivity index (χ4n) is 1.94. The highest BCUT2D eigenvalue weighted by Gasteiger charge is 2.50. The highest BCUT2D eigenvalue weighted by atomic mass is 35.5. The van der Waals surface area contributed by atoms with E-state index in [1.165, 1.54) is 6.08 Å². The Morgan fingerprint density at radius 1 is 0.931 bits per heavy atom. The minimum absolute atomic E-state index is 0.120. The molecule has 0 amide bonds. The molecule has 13 heteroatoms. The quantitative estimate of drug-likeness (QED) is 0.112. The summed E-state index contributed by atoms with van der Waals surface area (Å²) < 4.78 is 43.1. The highest BCUT2D eigenvalue weighted by Crippen LogP contribution is 2.59. The van der Waals surface area contributed by atoms with Crippen LogP contribution in [0.5, 0.6) is 5.75 Å². The number of hydrogen-bond donors (Lipinski definition) is 2. The van der Waals surface area contributed by atoms with Crippen molar-refractivity contribution < 1.29 is 32.7 Å². The van der Waals surface area contributed by atoms with Crippen molar-refractivity contribution in [2.75, 3.05) is 0 Å². The van der Waals surface area contributed by atoms with E-state index in [4.69, 9.17) is 72.5 Å². The van der Waals surface area contributed by atoms with Crippen molar-refractivity contribution in [3.8, 4) is 5.75 Å². The van der Waals surface area contributed by atoms with E-state index in [1.807, 2.05) is 0 Å². The number of benzene rings is 2. The van der Waals surface area contributed by atoms with Crippen LogP contribution in [0.2, 0.25) is 25.1 Å². The van der Waals surface area contributed by atoms with Gasteiger partial charge in [0.15, 0.2) is 5.75 Å². The van der Waals surface area contributed by atoms with Gasteiger partial charge in [-0.25, -0.2) is 4.79 Å². The molecule has 0 radical (unpaired) electrons. The van der Waals surface area contributed by atoms with Gasteiger partial charge in [0.05, 0.1) is 15.1 Å². The van der Waals surface area contributed by atoms with Gasteiger partial charge < -0.3 is 14.5 Å². The number of esters is 1. The molecule has 0 heterocycles. The Morgan fingerprint density at radius 3 is 1.83 bits per heavy atom. The van der Waals surface area contributed by atoms with Gasteiger partial charge in [-0.15, -0.1) is 0 Å². The normalized spacial score (nSPS) is 12.4. The lowest BCUT2D eigenvalue weighted by molar-refractivity contribution is -0.128. The summed E-state index contributed by atoms with van der Waals surface area (Å²) in [5.41, 5.74) is -4.96. The molecule has 2 rings (SSSR count). The van der Waals surface area contributed by atoms with E-state index < -0.39 is 24.8 Å². The third-order valence-electron chi connectivity index (χ3n) is 3.41. The van der Waals surface area contributed by atoms with E-state index in [1.54, 1.807) is 0 Å². The smallest absolute Gasteiger partial charge is 0.399 e. The van der Waals surface area contributed by atoms with Crippen LogP contribution in [-0.4, -0.2) is 15.8 Å². The number of rotatable bonds is 5. The van der Waals surface area contributed by atoms with Gasteiger partial charge in [-0.3, -0.25) is 4.57 Å². The molecule has 0 bridgehead atoms.